The van der Waals surface area contributed by atoms with Crippen LogP contribution in [0, 0.1) is 11.8 Å². The van der Waals surface area contributed by atoms with Crippen LogP contribution in [0.25, 0.3) is 0 Å². The number of nitrogens with zero attached hydrogens (tertiary/aromatic N) is 2. The molecule has 2 atom stereocenters. The maximum Gasteiger partial charge on any atom is 0.307 e. The number of anilines is 1. The van der Waals surface area contributed by atoms with Crippen LogP contribution in [0.4, 0.5) is 5.69 Å². The monoisotopic (exact) mass is 346 g/mol. The van der Waals surface area contributed by atoms with Gasteiger partial charge in [0.25, 0.3) is 0 Å². The molecule has 6 nitrogen and oxygen atoms in total. The molecule has 2 fully saturated rings. The number of hydrogen-bond donors (Lipinski definition) is 1. The van der Waals surface area contributed by atoms with Crippen LogP contribution >= 0.6 is 0 Å². The molecular formula is C19H26N2O4. The number of rotatable bonds is 4. The van der Waals surface area contributed by atoms with Crippen molar-refractivity contribution in [2.45, 2.75) is 25.7 Å². The minimum atomic E-state index is -0.824. The minimum Gasteiger partial charge on any atom is -0.497 e. The van der Waals surface area contributed by atoms with Gasteiger partial charge < -0.3 is 19.6 Å². The molecule has 6 heteroatoms. The van der Waals surface area contributed by atoms with Crippen LogP contribution in [0.15, 0.2) is 24.3 Å². The summed E-state index contributed by atoms with van der Waals surface area (Å²) >= 11 is 0. The Balaban J connectivity index is 1.59. The lowest BCUT2D eigenvalue weighted by molar-refractivity contribution is -0.152. The van der Waals surface area contributed by atoms with Crippen LogP contribution in [-0.2, 0) is 9.59 Å². The van der Waals surface area contributed by atoms with E-state index in [0.29, 0.717) is 25.9 Å². The predicted molar refractivity (Wildman–Crippen MR) is 94.9 cm³/mol. The second kappa shape index (κ2) is 7.76. The zero-order valence-corrected chi connectivity index (χ0v) is 14.7. The molecule has 0 bridgehead atoms. The summed E-state index contributed by atoms with van der Waals surface area (Å²) in [5.41, 5.74) is 1.12. The summed E-state index contributed by atoms with van der Waals surface area (Å²) in [6, 6.07) is 7.93. The van der Waals surface area contributed by atoms with Gasteiger partial charge in [-0.15, -0.1) is 0 Å². The van der Waals surface area contributed by atoms with Gasteiger partial charge in [0.05, 0.1) is 18.9 Å². The van der Waals surface area contributed by atoms with E-state index in [1.165, 1.54) is 0 Å². The SMILES string of the molecule is COc1ccc(N2CCN(C(=O)C3CCCCC3C(=O)O)CC2)cc1. The average molecular weight is 346 g/mol. The summed E-state index contributed by atoms with van der Waals surface area (Å²) in [4.78, 5) is 28.4. The second-order valence-corrected chi connectivity index (χ2v) is 6.85. The number of methoxy groups -OCH3 is 1. The highest BCUT2D eigenvalue weighted by atomic mass is 16.5. The largest absolute Gasteiger partial charge is 0.497 e. The Labute approximate surface area is 148 Å². The fourth-order valence-corrected chi connectivity index (χ4v) is 3.93. The molecule has 2 unspecified atom stereocenters. The Morgan fingerprint density at radius 1 is 1.00 bits per heavy atom. The van der Waals surface area contributed by atoms with Gasteiger partial charge >= 0.3 is 5.97 Å². The van der Waals surface area contributed by atoms with Crippen LogP contribution < -0.4 is 9.64 Å². The maximum absolute atomic E-state index is 12.8. The van der Waals surface area contributed by atoms with Gasteiger partial charge in [0.2, 0.25) is 5.91 Å². The third-order valence-electron chi connectivity index (χ3n) is 5.43. The number of amides is 1. The van der Waals surface area contributed by atoms with E-state index in [9.17, 15) is 14.7 Å². The number of hydrogen-bond acceptors (Lipinski definition) is 4. The molecule has 1 aromatic carbocycles. The fraction of sp³-hybridized carbons (Fsp3) is 0.579. The first kappa shape index (κ1) is 17.6. The minimum absolute atomic E-state index is 0.0291. The lowest BCUT2D eigenvalue weighted by atomic mass is 9.78. The van der Waals surface area contributed by atoms with Gasteiger partial charge in [-0.2, -0.15) is 0 Å². The predicted octanol–water partition coefficient (Wildman–Crippen LogP) is 2.23. The van der Waals surface area contributed by atoms with Gasteiger partial charge in [-0.25, -0.2) is 0 Å². The zero-order valence-electron chi connectivity index (χ0n) is 14.7. The van der Waals surface area contributed by atoms with E-state index in [4.69, 9.17) is 4.74 Å². The number of carboxylic acids is 1. The van der Waals surface area contributed by atoms with Crippen LogP contribution in [0.2, 0.25) is 0 Å². The third-order valence-corrected chi connectivity index (χ3v) is 5.43. The second-order valence-electron chi connectivity index (χ2n) is 6.85. The molecule has 1 saturated carbocycles. The number of carboxylic acid groups (broad SMARTS) is 1. The number of aliphatic carboxylic acids is 1. The van der Waals surface area contributed by atoms with Crippen molar-refractivity contribution in [3.8, 4) is 5.75 Å². The molecule has 1 aromatic rings. The van der Waals surface area contributed by atoms with E-state index in [1.54, 1.807) is 7.11 Å². The van der Waals surface area contributed by atoms with E-state index in [0.717, 1.165) is 37.4 Å². The highest BCUT2D eigenvalue weighted by Crippen LogP contribution is 2.32. The maximum atomic E-state index is 12.8. The molecule has 0 aromatic heterocycles. The first-order valence-electron chi connectivity index (χ1n) is 9.00. The standard InChI is InChI=1S/C19H26N2O4/c1-25-15-8-6-14(7-9-15)20-10-12-21(13-11-20)18(22)16-4-2-3-5-17(16)19(23)24/h6-9,16-17H,2-5,10-13H2,1H3,(H,23,24). The molecule has 3 rings (SSSR count). The van der Waals surface area contributed by atoms with Crippen LogP contribution in [0.1, 0.15) is 25.7 Å². The normalized spacial score (nSPS) is 24.0. The van der Waals surface area contributed by atoms with Crippen molar-refractivity contribution in [2.75, 3.05) is 38.2 Å². The molecule has 1 amide bonds. The summed E-state index contributed by atoms with van der Waals surface area (Å²) in [7, 11) is 1.65. The lowest BCUT2D eigenvalue weighted by Gasteiger charge is -2.39. The van der Waals surface area contributed by atoms with Crippen molar-refractivity contribution in [3.63, 3.8) is 0 Å². The van der Waals surface area contributed by atoms with E-state index >= 15 is 0 Å². The summed E-state index contributed by atoms with van der Waals surface area (Å²) in [5.74, 6) is -0.828. The fourth-order valence-electron chi connectivity index (χ4n) is 3.93. The first-order chi connectivity index (χ1) is 12.1. The Morgan fingerprint density at radius 2 is 1.60 bits per heavy atom. The van der Waals surface area contributed by atoms with Crippen LogP contribution in [-0.4, -0.2) is 55.2 Å². The van der Waals surface area contributed by atoms with Crippen molar-refractivity contribution < 1.29 is 19.4 Å². The Kier molecular flexibility index (Phi) is 5.46. The average Bonchev–Trinajstić information content (AvgIpc) is 2.67. The van der Waals surface area contributed by atoms with Gasteiger partial charge in [0.1, 0.15) is 5.75 Å². The van der Waals surface area contributed by atoms with Gasteiger partial charge in [0, 0.05) is 31.9 Å². The van der Waals surface area contributed by atoms with Gasteiger partial charge in [-0.1, -0.05) is 12.8 Å². The molecule has 1 N–H and O–H groups in total. The Morgan fingerprint density at radius 3 is 2.16 bits per heavy atom. The number of carbonyl (C=O) groups excluding carboxylic acids is 1. The van der Waals surface area contributed by atoms with E-state index in [2.05, 4.69) is 4.90 Å². The molecule has 1 aliphatic heterocycles. The van der Waals surface area contributed by atoms with Gasteiger partial charge in [-0.3, -0.25) is 9.59 Å². The molecular weight excluding hydrogens is 320 g/mol. The highest BCUT2D eigenvalue weighted by molar-refractivity contribution is 5.85. The molecule has 25 heavy (non-hydrogen) atoms. The molecule has 0 radical (unpaired) electrons. The summed E-state index contributed by atoms with van der Waals surface area (Å²) in [6.45, 7) is 2.83. The van der Waals surface area contributed by atoms with E-state index in [1.807, 2.05) is 29.2 Å². The van der Waals surface area contributed by atoms with Crippen molar-refractivity contribution in [3.05, 3.63) is 24.3 Å². The zero-order chi connectivity index (χ0) is 17.8. The summed E-state index contributed by atoms with van der Waals surface area (Å²) in [5, 5.41) is 9.40. The molecule has 136 valence electrons. The molecule has 0 spiro atoms. The number of ether oxygens (including phenoxy) is 1. The summed E-state index contributed by atoms with van der Waals surface area (Å²) in [6.07, 6.45) is 3.18. The third kappa shape index (κ3) is 3.89. The van der Waals surface area contributed by atoms with E-state index in [-0.39, 0.29) is 11.8 Å². The Bertz CT molecular complexity index is 608. The van der Waals surface area contributed by atoms with E-state index < -0.39 is 11.9 Å². The highest BCUT2D eigenvalue weighted by Gasteiger charge is 2.38. The van der Waals surface area contributed by atoms with Crippen LogP contribution in [0.3, 0.4) is 0 Å². The van der Waals surface area contributed by atoms with Crippen molar-refractivity contribution in [2.24, 2.45) is 11.8 Å². The first-order valence-corrected chi connectivity index (χ1v) is 9.00. The number of piperazine rings is 1. The van der Waals surface area contributed by atoms with Gasteiger partial charge in [-0.05, 0) is 37.1 Å². The van der Waals surface area contributed by atoms with Crippen molar-refractivity contribution in [1.82, 2.24) is 4.90 Å². The molecule has 1 aliphatic carbocycles. The quantitative estimate of drug-likeness (QED) is 0.905. The number of carbonyl (C=O) groups is 2. The van der Waals surface area contributed by atoms with Gasteiger partial charge in [0.15, 0.2) is 0 Å². The molecule has 1 saturated heterocycles. The van der Waals surface area contributed by atoms with Crippen molar-refractivity contribution >= 4 is 17.6 Å². The van der Waals surface area contributed by atoms with Crippen LogP contribution in [0.5, 0.6) is 5.75 Å². The molecule has 2 aliphatic rings. The summed E-state index contributed by atoms with van der Waals surface area (Å²) < 4.78 is 5.18. The van der Waals surface area contributed by atoms with Crippen molar-refractivity contribution in [1.29, 1.82) is 0 Å². The lowest BCUT2D eigenvalue weighted by Crippen LogP contribution is -2.52. The molecule has 1 heterocycles. The smallest absolute Gasteiger partial charge is 0.307 e. The number of benzene rings is 1. The Hall–Kier alpha value is -2.24. The topological polar surface area (TPSA) is 70.1 Å².